The predicted octanol–water partition coefficient (Wildman–Crippen LogP) is 1.03. The van der Waals surface area contributed by atoms with E-state index in [9.17, 15) is 0 Å². The molecule has 8 atom stereocenters. The van der Waals surface area contributed by atoms with Gasteiger partial charge in [-0.15, -0.1) is 0 Å². The van der Waals surface area contributed by atoms with Gasteiger partial charge in [-0.1, -0.05) is 0 Å². The standard InChI is InChI=1S/C11H6/c1-3-5(1)7(3)9(5)10-6-2-4(6)8(6,10)11(7,9)10/h3-4H,1-2H2. The highest BCUT2D eigenvalue weighted by molar-refractivity contribution is 6.13. The lowest BCUT2D eigenvalue weighted by Gasteiger charge is -2.07. The van der Waals surface area contributed by atoms with E-state index in [1.54, 1.807) is 12.8 Å². The smallest absolute Gasteiger partial charge is 0.000781 e. The average Bonchev–Trinajstić information content (AvgIpc) is 2.51. The molecule has 11 heavy (non-hydrogen) atoms. The second-order valence-electron chi connectivity index (χ2n) is 7.32. The SMILES string of the molecule is C1C2C13C21C32C34C56CC5C63C124. The van der Waals surface area contributed by atoms with Crippen molar-refractivity contribution in [1.29, 1.82) is 0 Å². The third-order valence-electron chi connectivity index (χ3n) is 9.29. The summed E-state index contributed by atoms with van der Waals surface area (Å²) in [5.41, 5.74) is 8.26. The van der Waals surface area contributed by atoms with Gasteiger partial charge in [0.2, 0.25) is 0 Å². The molecule has 9 saturated carbocycles. The lowest BCUT2D eigenvalue weighted by molar-refractivity contribution is 0.376. The van der Waals surface area contributed by atoms with Gasteiger partial charge in [-0.05, 0) is 62.6 Å². The molecular weight excluding hydrogens is 132 g/mol. The van der Waals surface area contributed by atoms with E-state index in [0.717, 1.165) is 10.8 Å². The molecule has 0 heteroatoms. The van der Waals surface area contributed by atoms with E-state index in [2.05, 4.69) is 0 Å². The van der Waals surface area contributed by atoms with Crippen LogP contribution in [0.4, 0.5) is 0 Å². The minimum atomic E-state index is 1.15. The normalized spacial score (nSPS) is 146. The first-order valence-corrected chi connectivity index (χ1v) is 5.43. The minimum Gasteiger partial charge on any atom is -0.0421 e. The maximum Gasteiger partial charge on any atom is -0.000781 e. The molecule has 9 aliphatic carbocycles. The van der Waals surface area contributed by atoms with Crippen LogP contribution in [-0.2, 0) is 0 Å². The summed E-state index contributed by atoms with van der Waals surface area (Å²) in [6.07, 6.45) is 3.43. The first kappa shape index (κ1) is 3.05. The summed E-state index contributed by atoms with van der Waals surface area (Å²) < 4.78 is 0. The van der Waals surface area contributed by atoms with Crippen molar-refractivity contribution in [3.05, 3.63) is 0 Å². The summed E-state index contributed by atoms with van der Waals surface area (Å²) in [4.78, 5) is 0. The molecule has 0 aromatic carbocycles. The van der Waals surface area contributed by atoms with Crippen molar-refractivity contribution in [2.75, 3.05) is 0 Å². The van der Waals surface area contributed by atoms with Gasteiger partial charge in [0, 0.05) is 0 Å². The van der Waals surface area contributed by atoms with Crippen molar-refractivity contribution in [3.8, 4) is 0 Å². The van der Waals surface area contributed by atoms with Crippen molar-refractivity contribution in [3.63, 3.8) is 0 Å². The lowest BCUT2D eigenvalue weighted by atomic mass is 9.95. The first-order valence-electron chi connectivity index (χ1n) is 5.43. The zero-order chi connectivity index (χ0) is 6.07. The zero-order valence-corrected chi connectivity index (χ0v) is 6.07. The maximum atomic E-state index is 1.72. The molecule has 0 nitrogen and oxygen atoms in total. The molecule has 9 aliphatic rings. The van der Waals surface area contributed by atoms with E-state index >= 15 is 0 Å². The molecule has 0 radical (unpaired) electrons. The van der Waals surface area contributed by atoms with E-state index in [-0.39, 0.29) is 0 Å². The molecule has 0 amide bonds. The third-order valence-corrected chi connectivity index (χ3v) is 9.29. The first-order chi connectivity index (χ1) is 5.43. The Balaban J connectivity index is 1.70. The van der Waals surface area contributed by atoms with Gasteiger partial charge in [0.25, 0.3) is 0 Å². The van der Waals surface area contributed by atoms with Crippen LogP contribution in [-0.4, -0.2) is 0 Å². The van der Waals surface area contributed by atoms with Crippen LogP contribution >= 0.6 is 0 Å². The summed E-state index contributed by atoms with van der Waals surface area (Å²) in [7, 11) is 0. The van der Waals surface area contributed by atoms with E-state index < -0.39 is 0 Å². The molecular formula is C11H6. The molecule has 50 valence electrons. The summed E-state index contributed by atoms with van der Waals surface area (Å²) >= 11 is 0. The van der Waals surface area contributed by atoms with Gasteiger partial charge in [0.1, 0.15) is 0 Å². The second-order valence-corrected chi connectivity index (χ2v) is 7.32. The molecule has 9 fully saturated rings. The van der Waals surface area contributed by atoms with Gasteiger partial charge >= 0.3 is 0 Å². The van der Waals surface area contributed by atoms with E-state index in [1.165, 1.54) is 38.9 Å². The molecule has 0 aliphatic heterocycles. The number of hydrogen-bond acceptors (Lipinski definition) is 0. The topological polar surface area (TPSA) is 0 Å². The molecule has 0 bridgehead atoms. The highest BCUT2D eigenvalue weighted by atomic mass is 15.7. The Bertz CT molecular complexity index is 486. The Morgan fingerprint density at radius 1 is 0.727 bits per heavy atom. The Labute approximate surface area is 63.3 Å². The molecule has 0 aromatic rings. The minimum absolute atomic E-state index is 1.15. The van der Waals surface area contributed by atoms with Gasteiger partial charge in [-0.3, -0.25) is 0 Å². The summed E-state index contributed by atoms with van der Waals surface area (Å²) in [6.45, 7) is 0. The van der Waals surface area contributed by atoms with Crippen LogP contribution in [0.15, 0.2) is 0 Å². The molecule has 0 aromatic heterocycles. The highest BCUT2D eigenvalue weighted by Gasteiger charge is 3.69. The maximum absolute atomic E-state index is 1.72. The molecule has 0 saturated heterocycles. The monoisotopic (exact) mass is 138 g/mol. The molecule has 0 heterocycles. The predicted molar refractivity (Wildman–Crippen MR) is 33.2 cm³/mol. The summed E-state index contributed by atoms with van der Waals surface area (Å²) in [5, 5.41) is 0. The van der Waals surface area contributed by atoms with Crippen molar-refractivity contribution in [2.24, 2.45) is 49.7 Å². The zero-order valence-electron chi connectivity index (χ0n) is 6.07. The van der Waals surface area contributed by atoms with Crippen LogP contribution in [0.2, 0.25) is 0 Å². The van der Waals surface area contributed by atoms with E-state index in [4.69, 9.17) is 0 Å². The Morgan fingerprint density at radius 3 is 1.64 bits per heavy atom. The van der Waals surface area contributed by atoms with Crippen LogP contribution in [0.25, 0.3) is 0 Å². The largest absolute Gasteiger partial charge is 0.0421 e. The number of rotatable bonds is 0. The van der Waals surface area contributed by atoms with Crippen molar-refractivity contribution in [2.45, 2.75) is 12.8 Å². The Hall–Kier alpha value is 0. The Morgan fingerprint density at radius 2 is 1.27 bits per heavy atom. The quantitative estimate of drug-likeness (QED) is 0.469. The summed E-state index contributed by atoms with van der Waals surface area (Å²) in [5.74, 6) is 2.72. The average molecular weight is 138 g/mol. The lowest BCUT2D eigenvalue weighted by Crippen LogP contribution is -2.05. The third kappa shape index (κ3) is 0.0484. The summed E-state index contributed by atoms with van der Waals surface area (Å²) in [6, 6.07) is 0. The van der Waals surface area contributed by atoms with Crippen LogP contribution in [0.1, 0.15) is 12.8 Å². The fourth-order valence-corrected chi connectivity index (χ4v) is 10.2. The van der Waals surface area contributed by atoms with Gasteiger partial charge in [-0.25, -0.2) is 0 Å². The van der Waals surface area contributed by atoms with Gasteiger partial charge in [-0.2, -0.15) is 0 Å². The van der Waals surface area contributed by atoms with Crippen molar-refractivity contribution < 1.29 is 0 Å². The molecule has 8 unspecified atom stereocenters. The fourth-order valence-electron chi connectivity index (χ4n) is 10.2. The Kier molecular flexibility index (Phi) is 0.0898. The fraction of sp³-hybridized carbons (Fsp3) is 1.00. The van der Waals surface area contributed by atoms with Gasteiger partial charge in [0.05, 0.1) is 0 Å². The van der Waals surface area contributed by atoms with Crippen LogP contribution in [0.3, 0.4) is 0 Å². The van der Waals surface area contributed by atoms with Gasteiger partial charge in [0.15, 0.2) is 0 Å². The van der Waals surface area contributed by atoms with Crippen LogP contribution in [0.5, 0.6) is 0 Å². The molecule has 9 rings (SSSR count). The van der Waals surface area contributed by atoms with Crippen LogP contribution in [0, 0.1) is 49.7 Å². The van der Waals surface area contributed by atoms with Crippen LogP contribution < -0.4 is 0 Å². The van der Waals surface area contributed by atoms with Gasteiger partial charge < -0.3 is 0 Å². The highest BCUT2D eigenvalue weighted by Crippen LogP contribution is 3.70. The van der Waals surface area contributed by atoms with Crippen molar-refractivity contribution >= 4 is 0 Å². The van der Waals surface area contributed by atoms with E-state index in [1.807, 2.05) is 0 Å². The molecule has 0 N–H and O–H groups in total. The second kappa shape index (κ2) is 0.324. The number of hydrogen-bond donors (Lipinski definition) is 0. The van der Waals surface area contributed by atoms with Crippen molar-refractivity contribution in [1.82, 2.24) is 0 Å². The van der Waals surface area contributed by atoms with E-state index in [0.29, 0.717) is 0 Å². The molecule has 7 spiro atoms.